The van der Waals surface area contributed by atoms with Gasteiger partial charge in [0.05, 0.1) is 32.9 Å². The number of carbonyl (C=O) groups is 1. The lowest BCUT2D eigenvalue weighted by atomic mass is 10.0. The molecule has 2 fully saturated rings. The summed E-state index contributed by atoms with van der Waals surface area (Å²) in [5.74, 6) is 0.830. The van der Waals surface area contributed by atoms with Crippen molar-refractivity contribution < 1.29 is 19.0 Å². The van der Waals surface area contributed by atoms with Crippen LogP contribution in [-0.4, -0.2) is 68.5 Å². The quantitative estimate of drug-likeness (QED) is 0.667. The van der Waals surface area contributed by atoms with E-state index in [2.05, 4.69) is 17.0 Å². The maximum atomic E-state index is 12.8. The number of rotatable bonds is 8. The predicted molar refractivity (Wildman–Crippen MR) is 115 cm³/mol. The molecule has 2 aromatic rings. The summed E-state index contributed by atoms with van der Waals surface area (Å²) in [5.41, 5.74) is 2.30. The molecule has 0 aromatic heterocycles. The molecular weight excluding hydrogens is 380 g/mol. The largest absolute Gasteiger partial charge is 0.497 e. The predicted octanol–water partition coefficient (Wildman–Crippen LogP) is 3.52. The molecule has 2 saturated heterocycles. The Bertz CT molecular complexity index is 806. The van der Waals surface area contributed by atoms with Crippen LogP contribution in [0.5, 0.6) is 5.75 Å². The normalized spacial score (nSPS) is 20.8. The summed E-state index contributed by atoms with van der Waals surface area (Å²) in [6.45, 7) is 5.01. The molecular formula is C24H30N2O4. The maximum absolute atomic E-state index is 12.8. The van der Waals surface area contributed by atoms with Crippen LogP contribution in [0, 0.1) is 0 Å². The number of methoxy groups -OCH3 is 1. The zero-order valence-corrected chi connectivity index (χ0v) is 17.5. The van der Waals surface area contributed by atoms with Gasteiger partial charge in [-0.3, -0.25) is 9.80 Å². The number of carbonyl (C=O) groups excluding carboxylic acids is 1. The van der Waals surface area contributed by atoms with Gasteiger partial charge in [0.25, 0.3) is 0 Å². The molecule has 1 amide bonds. The lowest BCUT2D eigenvalue weighted by Crippen LogP contribution is -2.39. The molecule has 6 heteroatoms. The smallest absolute Gasteiger partial charge is 0.410 e. The van der Waals surface area contributed by atoms with Gasteiger partial charge >= 0.3 is 6.09 Å². The summed E-state index contributed by atoms with van der Waals surface area (Å²) >= 11 is 0. The van der Waals surface area contributed by atoms with Crippen LogP contribution in [0.4, 0.5) is 4.79 Å². The van der Waals surface area contributed by atoms with E-state index in [1.54, 1.807) is 7.11 Å². The molecule has 160 valence electrons. The van der Waals surface area contributed by atoms with E-state index in [9.17, 15) is 4.79 Å². The molecule has 2 atom stereocenters. The lowest BCUT2D eigenvalue weighted by Gasteiger charge is -2.31. The Balaban J connectivity index is 1.43. The summed E-state index contributed by atoms with van der Waals surface area (Å²) in [6.07, 6.45) is 1.23. The molecule has 0 aliphatic carbocycles. The van der Waals surface area contributed by atoms with Gasteiger partial charge in [-0.1, -0.05) is 42.5 Å². The lowest BCUT2D eigenvalue weighted by molar-refractivity contribution is 0.0341. The number of hydrogen-bond donors (Lipinski definition) is 0. The zero-order valence-electron chi connectivity index (χ0n) is 17.5. The third-order valence-electron chi connectivity index (χ3n) is 5.91. The Kier molecular flexibility index (Phi) is 6.87. The third-order valence-corrected chi connectivity index (χ3v) is 5.91. The minimum Gasteiger partial charge on any atom is -0.497 e. The Morgan fingerprint density at radius 1 is 1.07 bits per heavy atom. The Labute approximate surface area is 178 Å². The van der Waals surface area contributed by atoms with Crippen LogP contribution in [0.25, 0.3) is 0 Å². The minimum atomic E-state index is -0.218. The van der Waals surface area contributed by atoms with E-state index in [4.69, 9.17) is 14.2 Å². The van der Waals surface area contributed by atoms with Crippen molar-refractivity contribution in [1.82, 2.24) is 9.80 Å². The van der Waals surface area contributed by atoms with Crippen LogP contribution in [0.3, 0.4) is 0 Å². The highest BCUT2D eigenvalue weighted by Gasteiger charge is 2.36. The van der Waals surface area contributed by atoms with Crippen molar-refractivity contribution in [3.63, 3.8) is 0 Å². The van der Waals surface area contributed by atoms with E-state index in [-0.39, 0.29) is 18.2 Å². The van der Waals surface area contributed by atoms with Crippen molar-refractivity contribution in [2.45, 2.75) is 25.0 Å². The number of morpholine rings is 1. The number of nitrogens with zero attached hydrogens (tertiary/aromatic N) is 2. The standard InChI is InChI=1S/C24H30N2O4/c1-28-21-9-7-19(8-10-21)17-22-18-26(24(27)30-22)23(20-5-3-2-4-6-20)11-12-25-13-15-29-16-14-25/h2-10,22-23H,11-18H2,1H3. The first-order valence-corrected chi connectivity index (χ1v) is 10.7. The summed E-state index contributed by atoms with van der Waals surface area (Å²) in [7, 11) is 1.66. The van der Waals surface area contributed by atoms with E-state index in [0.29, 0.717) is 13.0 Å². The summed E-state index contributed by atoms with van der Waals surface area (Å²) < 4.78 is 16.4. The Hall–Kier alpha value is -2.57. The first-order valence-electron chi connectivity index (χ1n) is 10.7. The molecule has 0 N–H and O–H groups in total. The number of benzene rings is 2. The molecule has 0 radical (unpaired) electrons. The summed E-state index contributed by atoms with van der Waals surface area (Å²) in [4.78, 5) is 17.1. The molecule has 2 aromatic carbocycles. The fourth-order valence-corrected chi connectivity index (χ4v) is 4.23. The molecule has 0 saturated carbocycles. The number of ether oxygens (including phenoxy) is 3. The first-order chi connectivity index (χ1) is 14.7. The van der Waals surface area contributed by atoms with Crippen molar-refractivity contribution in [3.8, 4) is 5.75 Å². The average molecular weight is 411 g/mol. The van der Waals surface area contributed by atoms with E-state index >= 15 is 0 Å². The fraction of sp³-hybridized carbons (Fsp3) is 0.458. The van der Waals surface area contributed by atoms with Crippen LogP contribution in [0.15, 0.2) is 54.6 Å². The number of cyclic esters (lactones) is 1. The molecule has 0 bridgehead atoms. The fourth-order valence-electron chi connectivity index (χ4n) is 4.23. The monoisotopic (exact) mass is 410 g/mol. The van der Waals surface area contributed by atoms with Gasteiger partial charge < -0.3 is 14.2 Å². The topological polar surface area (TPSA) is 51.2 Å². The van der Waals surface area contributed by atoms with Crippen LogP contribution >= 0.6 is 0 Å². The Morgan fingerprint density at radius 2 is 1.80 bits per heavy atom. The van der Waals surface area contributed by atoms with Crippen LogP contribution in [0.2, 0.25) is 0 Å². The molecule has 4 rings (SSSR count). The van der Waals surface area contributed by atoms with Gasteiger partial charge in [-0.15, -0.1) is 0 Å². The van der Waals surface area contributed by atoms with Gasteiger partial charge in [-0.2, -0.15) is 0 Å². The first kappa shape index (κ1) is 20.7. The minimum absolute atomic E-state index is 0.0161. The van der Waals surface area contributed by atoms with Gasteiger partial charge in [-0.25, -0.2) is 4.79 Å². The summed E-state index contributed by atoms with van der Waals surface area (Å²) in [5, 5.41) is 0. The second kappa shape index (κ2) is 9.96. The van der Waals surface area contributed by atoms with Gasteiger partial charge in [-0.05, 0) is 29.7 Å². The van der Waals surface area contributed by atoms with Crippen LogP contribution in [-0.2, 0) is 15.9 Å². The van der Waals surface area contributed by atoms with Crippen molar-refractivity contribution in [2.24, 2.45) is 0 Å². The van der Waals surface area contributed by atoms with E-state index in [0.717, 1.165) is 56.1 Å². The van der Waals surface area contributed by atoms with Crippen LogP contribution in [0.1, 0.15) is 23.6 Å². The molecule has 2 aliphatic rings. The second-order valence-corrected chi connectivity index (χ2v) is 7.88. The molecule has 0 spiro atoms. The third kappa shape index (κ3) is 5.12. The van der Waals surface area contributed by atoms with Crippen molar-refractivity contribution >= 4 is 6.09 Å². The van der Waals surface area contributed by atoms with Crippen LogP contribution < -0.4 is 4.74 Å². The van der Waals surface area contributed by atoms with Crippen molar-refractivity contribution in [3.05, 3.63) is 65.7 Å². The number of amides is 1. The van der Waals surface area contributed by atoms with E-state index in [1.165, 1.54) is 0 Å². The van der Waals surface area contributed by atoms with Gasteiger partial charge in [0, 0.05) is 26.1 Å². The highest BCUT2D eigenvalue weighted by Crippen LogP contribution is 2.30. The summed E-state index contributed by atoms with van der Waals surface area (Å²) in [6, 6.07) is 18.3. The Morgan fingerprint density at radius 3 is 2.50 bits per heavy atom. The van der Waals surface area contributed by atoms with E-state index in [1.807, 2.05) is 47.4 Å². The van der Waals surface area contributed by atoms with Gasteiger partial charge in [0.15, 0.2) is 0 Å². The highest BCUT2D eigenvalue weighted by molar-refractivity contribution is 5.70. The molecule has 2 aliphatic heterocycles. The second-order valence-electron chi connectivity index (χ2n) is 7.88. The van der Waals surface area contributed by atoms with Gasteiger partial charge in [0.1, 0.15) is 11.9 Å². The molecule has 2 unspecified atom stereocenters. The van der Waals surface area contributed by atoms with Crippen molar-refractivity contribution in [1.29, 1.82) is 0 Å². The van der Waals surface area contributed by atoms with Gasteiger partial charge in [0.2, 0.25) is 0 Å². The highest BCUT2D eigenvalue weighted by atomic mass is 16.6. The average Bonchev–Trinajstić information content (AvgIpc) is 3.15. The maximum Gasteiger partial charge on any atom is 0.410 e. The number of hydrogen-bond acceptors (Lipinski definition) is 5. The molecule has 30 heavy (non-hydrogen) atoms. The molecule has 6 nitrogen and oxygen atoms in total. The van der Waals surface area contributed by atoms with E-state index < -0.39 is 0 Å². The SMILES string of the molecule is COc1ccc(CC2CN(C(CCN3CCOCC3)c3ccccc3)C(=O)O2)cc1. The molecule has 2 heterocycles. The van der Waals surface area contributed by atoms with Crippen molar-refractivity contribution in [2.75, 3.05) is 46.5 Å². The zero-order chi connectivity index (χ0) is 20.8.